The molecule has 8 heteroatoms. The molecule has 1 aliphatic rings. The second-order valence-corrected chi connectivity index (χ2v) is 9.28. The van der Waals surface area contributed by atoms with Crippen LogP contribution >= 0.6 is 0 Å². The third-order valence-corrected chi connectivity index (χ3v) is 6.74. The summed E-state index contributed by atoms with van der Waals surface area (Å²) < 4.78 is 43.2. The smallest absolute Gasteiger partial charge is 0.338 e. The number of methoxy groups -OCH3 is 1. The fraction of sp³-hybridized carbons (Fsp3) is 0.409. The van der Waals surface area contributed by atoms with Crippen molar-refractivity contribution in [1.82, 2.24) is 4.31 Å². The van der Waals surface area contributed by atoms with Gasteiger partial charge in [-0.1, -0.05) is 12.1 Å². The molecule has 0 saturated carbocycles. The molecule has 0 radical (unpaired) electrons. The van der Waals surface area contributed by atoms with Crippen LogP contribution in [0, 0.1) is 0 Å². The molecule has 0 aromatic heterocycles. The summed E-state index contributed by atoms with van der Waals surface area (Å²) in [5.74, 6) is 0.285. The van der Waals surface area contributed by atoms with E-state index in [-0.39, 0.29) is 23.7 Å². The minimum Gasteiger partial charge on any atom is -0.497 e. The van der Waals surface area contributed by atoms with Crippen molar-refractivity contribution in [1.29, 1.82) is 0 Å². The fourth-order valence-corrected chi connectivity index (χ4v) is 4.97. The monoisotopic (exact) mass is 433 g/mol. The zero-order valence-corrected chi connectivity index (χ0v) is 18.2. The molecule has 2 aromatic carbocycles. The average Bonchev–Trinajstić information content (AvgIpc) is 2.73. The van der Waals surface area contributed by atoms with Crippen molar-refractivity contribution in [2.24, 2.45) is 0 Å². The van der Waals surface area contributed by atoms with E-state index in [0.29, 0.717) is 25.1 Å². The third kappa shape index (κ3) is 5.38. The van der Waals surface area contributed by atoms with Gasteiger partial charge in [0.15, 0.2) is 0 Å². The minimum absolute atomic E-state index is 0.151. The van der Waals surface area contributed by atoms with Gasteiger partial charge in [-0.2, -0.15) is 4.31 Å². The fourth-order valence-electron chi connectivity index (χ4n) is 3.38. The van der Waals surface area contributed by atoms with Gasteiger partial charge in [-0.05, 0) is 55.8 Å². The summed E-state index contributed by atoms with van der Waals surface area (Å²) in [6.45, 7) is 4.55. The van der Waals surface area contributed by atoms with Gasteiger partial charge >= 0.3 is 5.97 Å². The van der Waals surface area contributed by atoms with E-state index < -0.39 is 16.0 Å². The highest BCUT2D eigenvalue weighted by Crippen LogP contribution is 2.21. The van der Waals surface area contributed by atoms with E-state index in [1.807, 2.05) is 38.1 Å². The number of hydrogen-bond donors (Lipinski definition) is 0. The van der Waals surface area contributed by atoms with E-state index in [9.17, 15) is 13.2 Å². The predicted octanol–water partition coefficient (Wildman–Crippen LogP) is 2.89. The maximum absolute atomic E-state index is 12.9. The Morgan fingerprint density at radius 2 is 1.63 bits per heavy atom. The van der Waals surface area contributed by atoms with Gasteiger partial charge in [-0.3, -0.25) is 0 Å². The van der Waals surface area contributed by atoms with E-state index >= 15 is 0 Å². The second-order valence-electron chi connectivity index (χ2n) is 7.34. The number of carbonyl (C=O) groups excluding carboxylic acids is 1. The number of morpholine rings is 1. The highest BCUT2D eigenvalue weighted by atomic mass is 32.2. The first-order valence-electron chi connectivity index (χ1n) is 9.85. The summed E-state index contributed by atoms with van der Waals surface area (Å²) in [4.78, 5) is 12.4. The SMILES string of the molecule is COc1ccc(CCOC(=O)c2ccc(S(=O)(=O)N3CC(C)OC(C)C3)cc2)cc1. The molecule has 0 amide bonds. The van der Waals surface area contributed by atoms with Crippen LogP contribution in [-0.4, -0.2) is 57.7 Å². The van der Waals surface area contributed by atoms with Crippen LogP contribution in [0.25, 0.3) is 0 Å². The number of esters is 1. The number of nitrogens with zero attached hydrogens (tertiary/aromatic N) is 1. The van der Waals surface area contributed by atoms with Gasteiger partial charge in [0.1, 0.15) is 5.75 Å². The molecule has 30 heavy (non-hydrogen) atoms. The minimum atomic E-state index is -3.64. The largest absolute Gasteiger partial charge is 0.497 e. The summed E-state index contributed by atoms with van der Waals surface area (Å²) in [5, 5.41) is 0. The number of ether oxygens (including phenoxy) is 3. The van der Waals surface area contributed by atoms with Crippen molar-refractivity contribution in [3.63, 3.8) is 0 Å². The van der Waals surface area contributed by atoms with E-state index in [4.69, 9.17) is 14.2 Å². The molecule has 1 fully saturated rings. The lowest BCUT2D eigenvalue weighted by Crippen LogP contribution is -2.48. The number of sulfonamides is 1. The molecule has 1 saturated heterocycles. The van der Waals surface area contributed by atoms with Crippen LogP contribution < -0.4 is 4.74 Å². The topological polar surface area (TPSA) is 82.1 Å². The zero-order valence-electron chi connectivity index (χ0n) is 17.4. The van der Waals surface area contributed by atoms with E-state index in [0.717, 1.165) is 11.3 Å². The Morgan fingerprint density at radius 1 is 1.03 bits per heavy atom. The van der Waals surface area contributed by atoms with Gasteiger partial charge in [0.2, 0.25) is 10.0 Å². The predicted molar refractivity (Wildman–Crippen MR) is 112 cm³/mol. The Morgan fingerprint density at radius 3 is 2.20 bits per heavy atom. The number of rotatable bonds is 7. The quantitative estimate of drug-likeness (QED) is 0.625. The number of benzene rings is 2. The van der Waals surface area contributed by atoms with Gasteiger partial charge in [0, 0.05) is 19.5 Å². The summed E-state index contributed by atoms with van der Waals surface area (Å²) in [7, 11) is -2.03. The zero-order chi connectivity index (χ0) is 21.7. The Bertz CT molecular complexity index is 946. The lowest BCUT2D eigenvalue weighted by atomic mass is 10.1. The molecule has 0 N–H and O–H groups in total. The first-order chi connectivity index (χ1) is 14.3. The molecular weight excluding hydrogens is 406 g/mol. The maximum Gasteiger partial charge on any atom is 0.338 e. The van der Waals surface area contributed by atoms with E-state index in [1.54, 1.807) is 7.11 Å². The number of carbonyl (C=O) groups is 1. The summed E-state index contributed by atoms with van der Waals surface area (Å²) in [5.41, 5.74) is 1.34. The molecule has 2 atom stereocenters. The molecule has 162 valence electrons. The third-order valence-electron chi connectivity index (χ3n) is 4.90. The Labute approximate surface area is 177 Å². The molecule has 0 aliphatic carbocycles. The van der Waals surface area contributed by atoms with Crippen LogP contribution in [0.15, 0.2) is 53.4 Å². The van der Waals surface area contributed by atoms with E-state index in [2.05, 4.69) is 0 Å². The molecule has 0 spiro atoms. The lowest BCUT2D eigenvalue weighted by molar-refractivity contribution is -0.0440. The van der Waals surface area contributed by atoms with Gasteiger partial charge in [-0.15, -0.1) is 0 Å². The van der Waals surface area contributed by atoms with Crippen LogP contribution in [0.5, 0.6) is 5.75 Å². The molecule has 1 aliphatic heterocycles. The number of hydrogen-bond acceptors (Lipinski definition) is 6. The van der Waals surface area contributed by atoms with Crippen LogP contribution in [0.2, 0.25) is 0 Å². The standard InChI is InChI=1S/C22H27NO6S/c1-16-14-23(15-17(2)29-16)30(25,26)21-10-6-19(7-11-21)22(24)28-13-12-18-4-8-20(27-3)9-5-18/h4-11,16-17H,12-15H2,1-3H3. The second kappa shape index (κ2) is 9.59. The summed E-state index contributed by atoms with van der Waals surface area (Å²) >= 11 is 0. The van der Waals surface area contributed by atoms with Gasteiger partial charge in [-0.25, -0.2) is 13.2 Å². The molecule has 7 nitrogen and oxygen atoms in total. The van der Waals surface area contributed by atoms with Crippen molar-refractivity contribution < 1.29 is 27.4 Å². The molecule has 0 bridgehead atoms. The van der Waals surface area contributed by atoms with Crippen LogP contribution in [-0.2, 0) is 25.9 Å². The van der Waals surface area contributed by atoms with Crippen molar-refractivity contribution >= 4 is 16.0 Å². The molecule has 3 rings (SSSR count). The van der Waals surface area contributed by atoms with Crippen molar-refractivity contribution in [3.8, 4) is 5.75 Å². The molecule has 2 unspecified atom stereocenters. The first-order valence-corrected chi connectivity index (χ1v) is 11.3. The summed E-state index contributed by atoms with van der Waals surface area (Å²) in [6, 6.07) is 13.4. The molecule has 2 aromatic rings. The van der Waals surface area contributed by atoms with Crippen molar-refractivity contribution in [3.05, 3.63) is 59.7 Å². The van der Waals surface area contributed by atoms with Crippen molar-refractivity contribution in [2.45, 2.75) is 37.4 Å². The molecule has 1 heterocycles. The molecular formula is C22H27NO6S. The van der Waals surface area contributed by atoms with E-state index in [1.165, 1.54) is 28.6 Å². The normalized spacial score (nSPS) is 20.0. The highest BCUT2D eigenvalue weighted by Gasteiger charge is 2.32. The summed E-state index contributed by atoms with van der Waals surface area (Å²) in [6.07, 6.45) is 0.252. The van der Waals surface area contributed by atoms with Gasteiger partial charge in [0.25, 0.3) is 0 Å². The first kappa shape index (κ1) is 22.3. The van der Waals surface area contributed by atoms with Crippen molar-refractivity contribution in [2.75, 3.05) is 26.8 Å². The van der Waals surface area contributed by atoms with Crippen LogP contribution in [0.3, 0.4) is 0 Å². The van der Waals surface area contributed by atoms with Gasteiger partial charge < -0.3 is 14.2 Å². The maximum atomic E-state index is 12.9. The Hall–Kier alpha value is -2.42. The Kier molecular flexibility index (Phi) is 7.12. The van der Waals surface area contributed by atoms with Gasteiger partial charge in [0.05, 0.1) is 36.4 Å². The van der Waals surface area contributed by atoms with Crippen LogP contribution in [0.1, 0.15) is 29.8 Å². The van der Waals surface area contributed by atoms with Crippen LogP contribution in [0.4, 0.5) is 0 Å². The Balaban J connectivity index is 1.58. The average molecular weight is 434 g/mol. The lowest BCUT2D eigenvalue weighted by Gasteiger charge is -2.34. The highest BCUT2D eigenvalue weighted by molar-refractivity contribution is 7.89.